The van der Waals surface area contributed by atoms with Gasteiger partial charge in [-0.2, -0.15) is 0 Å². The number of hydrogen-bond donors (Lipinski definition) is 1. The maximum Gasteiger partial charge on any atom is 0.335 e. The molecule has 5 aromatic rings. The van der Waals surface area contributed by atoms with Crippen molar-refractivity contribution in [2.45, 2.75) is 13.8 Å². The van der Waals surface area contributed by atoms with Crippen LogP contribution in [-0.2, 0) is 9.59 Å². The molecule has 44 heavy (non-hydrogen) atoms. The number of aryl methyl sites for hydroxylation is 2. The van der Waals surface area contributed by atoms with Crippen LogP contribution in [0.4, 0.5) is 16.2 Å². The number of nitro benzene ring substituents is 1. The molecule has 9 nitrogen and oxygen atoms in total. The number of carbonyl (C=O) groups excluding carboxylic acids is 3. The lowest BCUT2D eigenvalue weighted by atomic mass is 10.0. The van der Waals surface area contributed by atoms with Crippen LogP contribution >= 0.6 is 0 Å². The van der Waals surface area contributed by atoms with E-state index in [4.69, 9.17) is 0 Å². The molecular formula is C35H26N4O5. The number of anilines is 1. The molecule has 9 heteroatoms. The van der Waals surface area contributed by atoms with Gasteiger partial charge >= 0.3 is 6.03 Å². The lowest BCUT2D eigenvalue weighted by Crippen LogP contribution is -2.54. The summed E-state index contributed by atoms with van der Waals surface area (Å²) in [4.78, 5) is 51.8. The monoisotopic (exact) mass is 582 g/mol. The summed E-state index contributed by atoms with van der Waals surface area (Å²) in [7, 11) is 0. The molecule has 0 radical (unpaired) electrons. The van der Waals surface area contributed by atoms with Crippen LogP contribution in [0.2, 0.25) is 0 Å². The van der Waals surface area contributed by atoms with E-state index < -0.39 is 22.8 Å². The predicted octanol–water partition coefficient (Wildman–Crippen LogP) is 7.00. The number of aromatic nitrogens is 1. The maximum absolute atomic E-state index is 13.8. The molecule has 1 N–H and O–H groups in total. The normalized spacial score (nSPS) is 14.2. The minimum Gasteiger partial charge on any atom is -0.309 e. The quantitative estimate of drug-likeness (QED) is 0.100. The van der Waals surface area contributed by atoms with E-state index in [9.17, 15) is 24.5 Å². The average Bonchev–Trinajstić information content (AvgIpc) is 3.41. The third-order valence-corrected chi connectivity index (χ3v) is 7.62. The number of nitrogens with zero attached hydrogens (tertiary/aromatic N) is 3. The van der Waals surface area contributed by atoms with Crippen LogP contribution < -0.4 is 10.2 Å². The molecule has 0 spiro atoms. The number of hydrogen-bond acceptors (Lipinski definition) is 5. The van der Waals surface area contributed by atoms with Gasteiger partial charge in [-0.1, -0.05) is 66.7 Å². The first-order valence-corrected chi connectivity index (χ1v) is 13.8. The van der Waals surface area contributed by atoms with Gasteiger partial charge in [0.15, 0.2) is 0 Å². The lowest BCUT2D eigenvalue weighted by Gasteiger charge is -2.27. The van der Waals surface area contributed by atoms with Crippen molar-refractivity contribution in [3.05, 3.63) is 142 Å². The molecule has 4 amide bonds. The molecule has 0 unspecified atom stereocenters. The van der Waals surface area contributed by atoms with Crippen LogP contribution in [0.25, 0.3) is 34.3 Å². The van der Waals surface area contributed by atoms with E-state index in [0.717, 1.165) is 32.8 Å². The van der Waals surface area contributed by atoms with Gasteiger partial charge in [-0.3, -0.25) is 25.0 Å². The Labute approximate surface area is 252 Å². The van der Waals surface area contributed by atoms with Crippen LogP contribution in [0.15, 0.2) is 115 Å². The average molecular weight is 583 g/mol. The Morgan fingerprint density at radius 2 is 1.34 bits per heavy atom. The Morgan fingerprint density at radius 1 is 0.727 bits per heavy atom. The summed E-state index contributed by atoms with van der Waals surface area (Å²) in [6.07, 6.45) is 1.49. The van der Waals surface area contributed by atoms with Crippen molar-refractivity contribution in [1.29, 1.82) is 0 Å². The Morgan fingerprint density at radius 3 is 1.95 bits per heavy atom. The fourth-order valence-electron chi connectivity index (χ4n) is 5.26. The molecule has 2 heterocycles. The van der Waals surface area contributed by atoms with E-state index in [1.165, 1.54) is 18.2 Å². The number of urea groups is 1. The summed E-state index contributed by atoms with van der Waals surface area (Å²) in [6.45, 7) is 3.81. The Bertz CT molecular complexity index is 1980. The van der Waals surface area contributed by atoms with Crippen LogP contribution in [0.5, 0.6) is 0 Å². The van der Waals surface area contributed by atoms with Crippen LogP contribution in [0.1, 0.15) is 16.7 Å². The van der Waals surface area contributed by atoms with Gasteiger partial charge in [-0.05, 0) is 72.5 Å². The minimum atomic E-state index is -0.822. The molecule has 0 bridgehead atoms. The Hall–Kier alpha value is -6.09. The molecule has 1 aromatic heterocycles. The Kier molecular flexibility index (Phi) is 7.20. The van der Waals surface area contributed by atoms with Crippen molar-refractivity contribution < 1.29 is 19.3 Å². The summed E-state index contributed by atoms with van der Waals surface area (Å²) < 4.78 is 1.94. The SMILES string of the molecule is Cc1ccc(N2C(=O)NC(=O)/C(=C/c3cc(-c4ccccc4)n(-c4ccc([N+](=O)[O-])cc4)c3-c3ccccc3)C2=O)cc1C. The highest BCUT2D eigenvalue weighted by molar-refractivity contribution is 6.39. The summed E-state index contributed by atoms with van der Waals surface area (Å²) in [5, 5.41) is 13.7. The van der Waals surface area contributed by atoms with E-state index in [2.05, 4.69) is 5.32 Å². The summed E-state index contributed by atoms with van der Waals surface area (Å²) in [6, 6.07) is 31.4. The smallest absolute Gasteiger partial charge is 0.309 e. The number of amides is 4. The number of rotatable bonds is 6. The molecule has 1 fully saturated rings. The van der Waals surface area contributed by atoms with Crippen molar-refractivity contribution in [3.63, 3.8) is 0 Å². The first kappa shape index (κ1) is 28.0. The fraction of sp³-hybridized carbons (Fsp3) is 0.0571. The predicted molar refractivity (Wildman–Crippen MR) is 168 cm³/mol. The Balaban J connectivity index is 1.59. The van der Waals surface area contributed by atoms with Gasteiger partial charge in [0.1, 0.15) is 5.57 Å². The number of non-ortho nitro benzene ring substituents is 1. The number of nitrogens with one attached hydrogen (secondary N) is 1. The van der Waals surface area contributed by atoms with Crippen LogP contribution in [0.3, 0.4) is 0 Å². The highest BCUT2D eigenvalue weighted by Gasteiger charge is 2.37. The van der Waals surface area contributed by atoms with Crippen molar-refractivity contribution >= 4 is 35.3 Å². The number of imide groups is 2. The van der Waals surface area contributed by atoms with Gasteiger partial charge in [0.25, 0.3) is 17.5 Å². The third-order valence-electron chi connectivity index (χ3n) is 7.62. The molecule has 0 atom stereocenters. The molecule has 1 aliphatic heterocycles. The van der Waals surface area contributed by atoms with E-state index in [0.29, 0.717) is 22.6 Å². The van der Waals surface area contributed by atoms with Crippen molar-refractivity contribution in [3.8, 4) is 28.2 Å². The second-order valence-corrected chi connectivity index (χ2v) is 10.4. The second-order valence-electron chi connectivity index (χ2n) is 10.4. The highest BCUT2D eigenvalue weighted by atomic mass is 16.6. The topological polar surface area (TPSA) is 115 Å². The van der Waals surface area contributed by atoms with Gasteiger partial charge in [-0.15, -0.1) is 0 Å². The summed E-state index contributed by atoms with van der Waals surface area (Å²) >= 11 is 0. The standard InChI is InChI=1S/C35H26N4O5/c1-22-13-14-29(19-23(22)2)38-34(41)30(33(40)36-35(38)42)20-26-21-31(24-9-5-3-6-10-24)37(32(26)25-11-7-4-8-12-25)27-15-17-28(18-16-27)39(43)44/h3-21H,1-2H3,(H,36,40,42)/b30-20-. The highest BCUT2D eigenvalue weighted by Crippen LogP contribution is 2.38. The minimum absolute atomic E-state index is 0.0497. The fourth-order valence-corrected chi connectivity index (χ4v) is 5.26. The lowest BCUT2D eigenvalue weighted by molar-refractivity contribution is -0.384. The van der Waals surface area contributed by atoms with Gasteiger partial charge in [0.05, 0.1) is 22.0 Å². The second kappa shape index (κ2) is 11.3. The number of barbiturate groups is 1. The molecule has 6 rings (SSSR count). The zero-order chi connectivity index (χ0) is 31.0. The molecular weight excluding hydrogens is 556 g/mol. The van der Waals surface area contributed by atoms with Gasteiger partial charge in [0.2, 0.25) is 0 Å². The molecule has 4 aromatic carbocycles. The summed E-state index contributed by atoms with van der Waals surface area (Å²) in [5.74, 6) is -1.55. The largest absolute Gasteiger partial charge is 0.335 e. The van der Waals surface area contributed by atoms with Crippen LogP contribution in [-0.4, -0.2) is 27.3 Å². The van der Waals surface area contributed by atoms with Gasteiger partial charge < -0.3 is 4.57 Å². The van der Waals surface area contributed by atoms with Crippen molar-refractivity contribution in [2.75, 3.05) is 4.90 Å². The summed E-state index contributed by atoms with van der Waals surface area (Å²) in [5.41, 5.74) is 6.19. The van der Waals surface area contributed by atoms with Gasteiger partial charge in [0, 0.05) is 23.4 Å². The molecule has 216 valence electrons. The molecule has 0 aliphatic carbocycles. The van der Waals surface area contributed by atoms with Crippen LogP contribution in [0, 0.1) is 24.0 Å². The first-order chi connectivity index (χ1) is 21.2. The number of benzene rings is 4. The molecule has 1 saturated heterocycles. The maximum atomic E-state index is 13.8. The van der Waals surface area contributed by atoms with E-state index in [1.54, 1.807) is 24.3 Å². The van der Waals surface area contributed by atoms with Crippen molar-refractivity contribution in [2.24, 2.45) is 0 Å². The van der Waals surface area contributed by atoms with E-state index >= 15 is 0 Å². The van der Waals surface area contributed by atoms with E-state index in [-0.39, 0.29) is 11.3 Å². The third kappa shape index (κ3) is 5.07. The first-order valence-electron chi connectivity index (χ1n) is 13.8. The van der Waals surface area contributed by atoms with Gasteiger partial charge in [-0.25, -0.2) is 9.69 Å². The zero-order valence-electron chi connectivity index (χ0n) is 23.9. The number of carbonyl (C=O) groups is 3. The zero-order valence-corrected chi connectivity index (χ0v) is 23.9. The van der Waals surface area contributed by atoms with E-state index in [1.807, 2.05) is 91.2 Å². The van der Waals surface area contributed by atoms with Crippen molar-refractivity contribution in [1.82, 2.24) is 9.88 Å². The molecule has 1 aliphatic rings. The molecule has 0 saturated carbocycles. The number of nitro groups is 1.